The molecule has 0 bridgehead atoms. The van der Waals surface area contributed by atoms with Gasteiger partial charge >= 0.3 is 0 Å². The number of hydrogen-bond acceptors (Lipinski definition) is 4. The number of amides is 1. The maximum absolute atomic E-state index is 13.0. The summed E-state index contributed by atoms with van der Waals surface area (Å²) in [6.07, 6.45) is 0.745. The van der Waals surface area contributed by atoms with Gasteiger partial charge in [-0.15, -0.1) is 0 Å². The Morgan fingerprint density at radius 2 is 2.00 bits per heavy atom. The highest BCUT2D eigenvalue weighted by Crippen LogP contribution is 2.34. The quantitative estimate of drug-likeness (QED) is 0.631. The van der Waals surface area contributed by atoms with E-state index in [-0.39, 0.29) is 23.4 Å². The minimum atomic E-state index is -3.80. The van der Waals surface area contributed by atoms with Crippen molar-refractivity contribution >= 4 is 37.5 Å². The van der Waals surface area contributed by atoms with Gasteiger partial charge in [0.15, 0.2) is 0 Å². The Kier molecular flexibility index (Phi) is 6.36. The Balaban J connectivity index is 1.80. The standard InChI is InChI=1S/C21H25BrN2O4S/c1-5-28-20-9-7-18(10-14(20)2)29(26,27)23(4)13-21(25)24-15(3)11-16-12-17(22)6-8-19(16)24/h6-10,12,15H,5,11,13H2,1-4H3. The Morgan fingerprint density at radius 1 is 1.28 bits per heavy atom. The molecular formula is C21H25BrN2O4S. The van der Waals surface area contributed by atoms with E-state index in [0.29, 0.717) is 12.4 Å². The lowest BCUT2D eigenvalue weighted by Crippen LogP contribution is -2.43. The molecule has 0 aliphatic carbocycles. The van der Waals surface area contributed by atoms with Gasteiger partial charge in [0.05, 0.1) is 18.0 Å². The predicted molar refractivity (Wildman–Crippen MR) is 117 cm³/mol. The lowest BCUT2D eigenvalue weighted by molar-refractivity contribution is -0.118. The normalized spacial score (nSPS) is 16.2. The van der Waals surface area contributed by atoms with Crippen molar-refractivity contribution in [3.63, 3.8) is 0 Å². The third-order valence-corrected chi connectivity index (χ3v) is 7.33. The van der Waals surface area contributed by atoms with Crippen LogP contribution in [0.25, 0.3) is 0 Å². The number of benzene rings is 2. The van der Waals surface area contributed by atoms with Crippen LogP contribution in [0.2, 0.25) is 0 Å². The third kappa shape index (κ3) is 4.34. The molecule has 1 amide bonds. The van der Waals surface area contributed by atoms with E-state index in [1.165, 1.54) is 13.1 Å². The molecule has 0 saturated carbocycles. The fraction of sp³-hybridized carbons (Fsp3) is 0.381. The van der Waals surface area contributed by atoms with Gasteiger partial charge in [-0.25, -0.2) is 8.42 Å². The number of likely N-dealkylation sites (N-methyl/N-ethyl adjacent to an activating group) is 1. The molecule has 0 aromatic heterocycles. The summed E-state index contributed by atoms with van der Waals surface area (Å²) in [6.45, 7) is 5.92. The highest BCUT2D eigenvalue weighted by Gasteiger charge is 2.33. The van der Waals surface area contributed by atoms with Crippen molar-refractivity contribution in [2.75, 3.05) is 25.1 Å². The van der Waals surface area contributed by atoms with Gasteiger partial charge in [-0.3, -0.25) is 4.79 Å². The number of carbonyl (C=O) groups excluding carboxylic acids is 1. The van der Waals surface area contributed by atoms with E-state index in [1.807, 2.05) is 32.0 Å². The summed E-state index contributed by atoms with van der Waals surface area (Å²) >= 11 is 3.45. The first-order chi connectivity index (χ1) is 13.6. The predicted octanol–water partition coefficient (Wildman–Crippen LogP) is 3.75. The second kappa shape index (κ2) is 8.45. The Bertz CT molecular complexity index is 1040. The smallest absolute Gasteiger partial charge is 0.243 e. The van der Waals surface area contributed by atoms with Gasteiger partial charge in [0.2, 0.25) is 15.9 Å². The average Bonchev–Trinajstić information content (AvgIpc) is 2.98. The van der Waals surface area contributed by atoms with Crippen LogP contribution in [0.1, 0.15) is 25.0 Å². The van der Waals surface area contributed by atoms with Crippen LogP contribution in [0.15, 0.2) is 45.8 Å². The van der Waals surface area contributed by atoms with E-state index >= 15 is 0 Å². The minimum Gasteiger partial charge on any atom is -0.494 e. The molecule has 1 aliphatic heterocycles. The molecule has 0 radical (unpaired) electrons. The van der Waals surface area contributed by atoms with Crippen molar-refractivity contribution in [1.29, 1.82) is 0 Å². The lowest BCUT2D eigenvalue weighted by Gasteiger charge is -2.25. The number of rotatable bonds is 6. The topological polar surface area (TPSA) is 66.9 Å². The number of aryl methyl sites for hydroxylation is 1. The molecule has 0 spiro atoms. The average molecular weight is 481 g/mol. The molecule has 29 heavy (non-hydrogen) atoms. The van der Waals surface area contributed by atoms with E-state index in [0.717, 1.165) is 32.0 Å². The highest BCUT2D eigenvalue weighted by atomic mass is 79.9. The van der Waals surface area contributed by atoms with Gasteiger partial charge in [0, 0.05) is 23.2 Å². The van der Waals surface area contributed by atoms with Crippen molar-refractivity contribution in [3.8, 4) is 5.75 Å². The molecule has 8 heteroatoms. The van der Waals surface area contributed by atoms with Gasteiger partial charge in [-0.1, -0.05) is 15.9 Å². The van der Waals surface area contributed by atoms with E-state index in [2.05, 4.69) is 15.9 Å². The number of fused-ring (bicyclic) bond motifs is 1. The van der Waals surface area contributed by atoms with Gasteiger partial charge in [0.1, 0.15) is 5.75 Å². The van der Waals surface area contributed by atoms with Crippen molar-refractivity contribution in [2.45, 2.75) is 38.1 Å². The molecule has 2 aromatic rings. The second-order valence-electron chi connectivity index (χ2n) is 7.21. The first kappa shape index (κ1) is 21.8. The van der Waals surface area contributed by atoms with Crippen molar-refractivity contribution in [3.05, 3.63) is 52.0 Å². The SMILES string of the molecule is CCOc1ccc(S(=O)(=O)N(C)CC(=O)N2c3ccc(Br)cc3CC2C)cc1C. The monoisotopic (exact) mass is 480 g/mol. The first-order valence-corrected chi connectivity index (χ1v) is 11.7. The first-order valence-electron chi connectivity index (χ1n) is 9.45. The highest BCUT2D eigenvalue weighted by molar-refractivity contribution is 9.10. The summed E-state index contributed by atoms with van der Waals surface area (Å²) in [4.78, 5) is 14.8. The molecule has 2 aromatic carbocycles. The summed E-state index contributed by atoms with van der Waals surface area (Å²) in [6, 6.07) is 10.5. The maximum atomic E-state index is 13.0. The number of carbonyl (C=O) groups is 1. The Hall–Kier alpha value is -1.90. The molecule has 1 aliphatic rings. The van der Waals surface area contributed by atoms with Gasteiger partial charge in [0.25, 0.3) is 0 Å². The number of nitrogens with zero attached hydrogens (tertiary/aromatic N) is 2. The van der Waals surface area contributed by atoms with Crippen molar-refractivity contribution < 1.29 is 17.9 Å². The van der Waals surface area contributed by atoms with Crippen LogP contribution in [0, 0.1) is 6.92 Å². The van der Waals surface area contributed by atoms with Crippen LogP contribution in [-0.4, -0.2) is 44.9 Å². The van der Waals surface area contributed by atoms with Gasteiger partial charge in [-0.2, -0.15) is 4.31 Å². The molecule has 0 fully saturated rings. The molecule has 0 saturated heterocycles. The Labute approximate surface area is 180 Å². The van der Waals surface area contributed by atoms with E-state index in [1.54, 1.807) is 24.0 Å². The van der Waals surface area contributed by atoms with Crippen LogP contribution in [-0.2, 0) is 21.2 Å². The van der Waals surface area contributed by atoms with Gasteiger partial charge < -0.3 is 9.64 Å². The Morgan fingerprint density at radius 3 is 2.66 bits per heavy atom. The summed E-state index contributed by atoms with van der Waals surface area (Å²) in [5.41, 5.74) is 2.65. The van der Waals surface area contributed by atoms with E-state index in [9.17, 15) is 13.2 Å². The summed E-state index contributed by atoms with van der Waals surface area (Å²) in [5.74, 6) is 0.408. The zero-order valence-corrected chi connectivity index (χ0v) is 19.4. The summed E-state index contributed by atoms with van der Waals surface area (Å²) in [7, 11) is -2.36. The molecule has 6 nitrogen and oxygen atoms in total. The zero-order chi connectivity index (χ0) is 21.3. The third-order valence-electron chi connectivity index (χ3n) is 5.04. The van der Waals surface area contributed by atoms with Crippen molar-refractivity contribution in [2.24, 2.45) is 0 Å². The number of anilines is 1. The maximum Gasteiger partial charge on any atom is 0.243 e. The summed E-state index contributed by atoms with van der Waals surface area (Å²) in [5, 5.41) is 0. The molecule has 1 atom stereocenters. The van der Waals surface area contributed by atoms with Crippen LogP contribution in [0.5, 0.6) is 5.75 Å². The minimum absolute atomic E-state index is 0.0179. The number of hydrogen-bond donors (Lipinski definition) is 0. The molecular weight excluding hydrogens is 456 g/mol. The fourth-order valence-electron chi connectivity index (χ4n) is 3.61. The fourth-order valence-corrected chi connectivity index (χ4v) is 5.23. The van der Waals surface area contributed by atoms with E-state index < -0.39 is 10.0 Å². The number of ether oxygens (including phenoxy) is 1. The van der Waals surface area contributed by atoms with Crippen LogP contribution in [0.4, 0.5) is 5.69 Å². The lowest BCUT2D eigenvalue weighted by atomic mass is 10.1. The zero-order valence-electron chi connectivity index (χ0n) is 17.0. The van der Waals surface area contributed by atoms with Crippen LogP contribution < -0.4 is 9.64 Å². The largest absolute Gasteiger partial charge is 0.494 e. The number of halogens is 1. The molecule has 0 N–H and O–H groups in total. The molecule has 1 heterocycles. The molecule has 156 valence electrons. The van der Waals surface area contributed by atoms with E-state index in [4.69, 9.17) is 4.74 Å². The van der Waals surface area contributed by atoms with Crippen molar-refractivity contribution in [1.82, 2.24) is 4.31 Å². The van der Waals surface area contributed by atoms with Gasteiger partial charge in [-0.05, 0) is 74.7 Å². The molecule has 3 rings (SSSR count). The number of sulfonamides is 1. The summed E-state index contributed by atoms with van der Waals surface area (Å²) < 4.78 is 33.5. The van der Waals surface area contributed by atoms with Crippen LogP contribution in [0.3, 0.4) is 0 Å². The second-order valence-corrected chi connectivity index (χ2v) is 10.2. The van der Waals surface area contributed by atoms with Crippen LogP contribution >= 0.6 is 15.9 Å². The molecule has 1 unspecified atom stereocenters.